The Kier molecular flexibility index (Phi) is 8.51. The molecule has 0 unspecified atom stereocenters. The summed E-state index contributed by atoms with van der Waals surface area (Å²) in [7, 11) is 0. The van der Waals surface area contributed by atoms with Crippen LogP contribution in [0.3, 0.4) is 0 Å². The van der Waals surface area contributed by atoms with Crippen LogP contribution in [0.5, 0.6) is 0 Å². The largest absolute Gasteiger partial charge is 0.396 e. The van der Waals surface area contributed by atoms with Gasteiger partial charge in [0.1, 0.15) is 0 Å². The molecule has 3 nitrogen and oxygen atoms in total. The smallest absolute Gasteiger partial charge is 0.221 e. The molecule has 0 spiro atoms. The molecule has 1 aliphatic rings. The summed E-state index contributed by atoms with van der Waals surface area (Å²) in [4.78, 5) is 11.7. The van der Waals surface area contributed by atoms with E-state index in [1.807, 2.05) is 11.8 Å². The molecule has 0 bridgehead atoms. The third-order valence-electron chi connectivity index (χ3n) is 3.59. The van der Waals surface area contributed by atoms with Gasteiger partial charge in [0.05, 0.1) is 0 Å². The van der Waals surface area contributed by atoms with E-state index in [2.05, 4.69) is 12.2 Å². The highest BCUT2D eigenvalue weighted by Gasteiger charge is 2.21. The second-order valence-electron chi connectivity index (χ2n) is 5.18. The quantitative estimate of drug-likeness (QED) is 0.668. The van der Waals surface area contributed by atoms with Gasteiger partial charge in [0.2, 0.25) is 5.91 Å². The summed E-state index contributed by atoms with van der Waals surface area (Å²) < 4.78 is 0. The fourth-order valence-corrected chi connectivity index (χ4v) is 3.33. The van der Waals surface area contributed by atoms with Crippen molar-refractivity contribution in [1.29, 1.82) is 0 Å². The molecule has 0 aromatic heterocycles. The zero-order chi connectivity index (χ0) is 13.2. The lowest BCUT2D eigenvalue weighted by atomic mass is 9.86. The van der Waals surface area contributed by atoms with Crippen LogP contribution in [0.1, 0.15) is 51.9 Å². The SMILES string of the molecule is CCCCSCCC(=O)NC1CCC(CO)CC1. The zero-order valence-electron chi connectivity index (χ0n) is 11.5. The Balaban J connectivity index is 2.02. The van der Waals surface area contributed by atoms with Gasteiger partial charge in [-0.1, -0.05) is 13.3 Å². The van der Waals surface area contributed by atoms with Crippen LogP contribution < -0.4 is 5.32 Å². The van der Waals surface area contributed by atoms with Gasteiger partial charge < -0.3 is 10.4 Å². The predicted octanol–water partition coefficient (Wildman–Crippen LogP) is 2.58. The fraction of sp³-hybridized carbons (Fsp3) is 0.929. The summed E-state index contributed by atoms with van der Waals surface area (Å²) >= 11 is 1.88. The van der Waals surface area contributed by atoms with E-state index >= 15 is 0 Å². The Bertz CT molecular complexity index is 228. The number of aliphatic hydroxyl groups excluding tert-OH is 1. The van der Waals surface area contributed by atoms with Gasteiger partial charge in [0.25, 0.3) is 0 Å². The third kappa shape index (κ3) is 6.64. The molecule has 1 saturated carbocycles. The van der Waals surface area contributed by atoms with Crippen molar-refractivity contribution in [2.24, 2.45) is 5.92 Å². The van der Waals surface area contributed by atoms with Gasteiger partial charge in [-0.2, -0.15) is 11.8 Å². The van der Waals surface area contributed by atoms with Crippen LogP contribution in [-0.2, 0) is 4.79 Å². The van der Waals surface area contributed by atoms with E-state index in [1.54, 1.807) is 0 Å². The number of carbonyl (C=O) groups is 1. The maximum Gasteiger partial charge on any atom is 0.221 e. The molecule has 1 rings (SSSR count). The minimum absolute atomic E-state index is 0.200. The lowest BCUT2D eigenvalue weighted by Gasteiger charge is -2.27. The molecular weight excluding hydrogens is 246 g/mol. The van der Waals surface area contributed by atoms with E-state index in [4.69, 9.17) is 5.11 Å². The normalized spacial score (nSPS) is 23.9. The number of unbranched alkanes of at least 4 members (excludes halogenated alkanes) is 1. The van der Waals surface area contributed by atoms with E-state index in [0.717, 1.165) is 31.4 Å². The van der Waals surface area contributed by atoms with Crippen molar-refractivity contribution in [2.45, 2.75) is 57.9 Å². The van der Waals surface area contributed by atoms with Crippen LogP contribution in [-0.4, -0.2) is 35.2 Å². The first-order valence-corrected chi connectivity index (χ1v) is 8.39. The molecular formula is C14H27NO2S. The summed E-state index contributed by atoms with van der Waals surface area (Å²) in [6.07, 6.45) is 7.28. The van der Waals surface area contributed by atoms with Crippen LogP contribution in [0.25, 0.3) is 0 Å². The van der Waals surface area contributed by atoms with Crippen LogP contribution in [0.2, 0.25) is 0 Å². The van der Waals surface area contributed by atoms with Gasteiger partial charge in [0.15, 0.2) is 0 Å². The van der Waals surface area contributed by atoms with Crippen LogP contribution in [0.4, 0.5) is 0 Å². The van der Waals surface area contributed by atoms with Crippen LogP contribution in [0.15, 0.2) is 0 Å². The summed E-state index contributed by atoms with van der Waals surface area (Å²) in [6, 6.07) is 0.348. The minimum Gasteiger partial charge on any atom is -0.396 e. The van der Waals surface area contributed by atoms with Crippen molar-refractivity contribution in [3.8, 4) is 0 Å². The maximum absolute atomic E-state index is 11.7. The Hall–Kier alpha value is -0.220. The number of nitrogens with one attached hydrogen (secondary N) is 1. The average Bonchev–Trinajstić information content (AvgIpc) is 2.39. The second-order valence-corrected chi connectivity index (χ2v) is 6.41. The number of hydrogen-bond acceptors (Lipinski definition) is 3. The summed E-state index contributed by atoms with van der Waals surface area (Å²) in [6.45, 7) is 2.49. The first-order chi connectivity index (χ1) is 8.76. The third-order valence-corrected chi connectivity index (χ3v) is 4.66. The van der Waals surface area contributed by atoms with E-state index in [-0.39, 0.29) is 5.91 Å². The lowest BCUT2D eigenvalue weighted by Crippen LogP contribution is -2.38. The lowest BCUT2D eigenvalue weighted by molar-refractivity contribution is -0.121. The predicted molar refractivity (Wildman–Crippen MR) is 77.8 cm³/mol. The van der Waals surface area contributed by atoms with Crippen LogP contribution in [0, 0.1) is 5.92 Å². The Morgan fingerprint density at radius 1 is 1.28 bits per heavy atom. The monoisotopic (exact) mass is 273 g/mol. The number of rotatable bonds is 8. The van der Waals surface area contributed by atoms with Crippen molar-refractivity contribution in [1.82, 2.24) is 5.32 Å². The molecule has 0 saturated heterocycles. The van der Waals surface area contributed by atoms with Crippen molar-refractivity contribution in [2.75, 3.05) is 18.1 Å². The van der Waals surface area contributed by atoms with Crippen molar-refractivity contribution in [3.05, 3.63) is 0 Å². The van der Waals surface area contributed by atoms with Crippen molar-refractivity contribution < 1.29 is 9.90 Å². The first kappa shape index (κ1) is 15.8. The topological polar surface area (TPSA) is 49.3 Å². The first-order valence-electron chi connectivity index (χ1n) is 7.24. The molecule has 18 heavy (non-hydrogen) atoms. The van der Waals surface area contributed by atoms with Crippen LogP contribution >= 0.6 is 11.8 Å². The highest BCUT2D eigenvalue weighted by Crippen LogP contribution is 2.23. The number of carbonyl (C=O) groups excluding carboxylic acids is 1. The van der Waals surface area contributed by atoms with E-state index in [1.165, 1.54) is 18.6 Å². The van der Waals surface area contributed by atoms with Gasteiger partial charge in [-0.05, 0) is 43.8 Å². The minimum atomic E-state index is 0.200. The molecule has 0 aliphatic heterocycles. The van der Waals surface area contributed by atoms with E-state index in [0.29, 0.717) is 25.0 Å². The van der Waals surface area contributed by atoms with Gasteiger partial charge in [-0.3, -0.25) is 4.79 Å². The van der Waals surface area contributed by atoms with Crippen molar-refractivity contribution >= 4 is 17.7 Å². The molecule has 1 aliphatic carbocycles. The molecule has 2 N–H and O–H groups in total. The van der Waals surface area contributed by atoms with Gasteiger partial charge >= 0.3 is 0 Å². The Morgan fingerprint density at radius 3 is 2.61 bits per heavy atom. The molecule has 1 fully saturated rings. The van der Waals surface area contributed by atoms with E-state index in [9.17, 15) is 4.79 Å². The molecule has 4 heteroatoms. The van der Waals surface area contributed by atoms with Gasteiger partial charge in [0, 0.05) is 24.8 Å². The van der Waals surface area contributed by atoms with Crippen molar-refractivity contribution in [3.63, 3.8) is 0 Å². The van der Waals surface area contributed by atoms with E-state index < -0.39 is 0 Å². The second kappa shape index (κ2) is 9.68. The summed E-state index contributed by atoms with van der Waals surface area (Å²) in [5.41, 5.74) is 0. The molecule has 1 amide bonds. The number of hydrogen-bond donors (Lipinski definition) is 2. The highest BCUT2D eigenvalue weighted by molar-refractivity contribution is 7.99. The number of aliphatic hydroxyl groups is 1. The molecule has 106 valence electrons. The number of thioether (sulfide) groups is 1. The Labute approximate surface area is 115 Å². The summed E-state index contributed by atoms with van der Waals surface area (Å²) in [5.74, 6) is 2.78. The fourth-order valence-electron chi connectivity index (χ4n) is 2.30. The average molecular weight is 273 g/mol. The Morgan fingerprint density at radius 2 is 2.00 bits per heavy atom. The maximum atomic E-state index is 11.7. The molecule has 0 aromatic carbocycles. The van der Waals surface area contributed by atoms with Gasteiger partial charge in [-0.15, -0.1) is 0 Å². The summed E-state index contributed by atoms with van der Waals surface area (Å²) in [5, 5.41) is 12.2. The zero-order valence-corrected chi connectivity index (χ0v) is 12.3. The molecule has 0 aromatic rings. The highest BCUT2D eigenvalue weighted by atomic mass is 32.2. The molecule has 0 radical (unpaired) electrons. The van der Waals surface area contributed by atoms with Gasteiger partial charge in [-0.25, -0.2) is 0 Å². The standard InChI is InChI=1S/C14H27NO2S/c1-2-3-9-18-10-8-14(17)15-13-6-4-12(11-16)5-7-13/h12-13,16H,2-11H2,1H3,(H,15,17). The molecule has 0 atom stereocenters. The number of amides is 1. The molecule has 0 heterocycles.